The second-order valence-corrected chi connectivity index (χ2v) is 15.5. The summed E-state index contributed by atoms with van der Waals surface area (Å²) >= 11 is 0. The van der Waals surface area contributed by atoms with Gasteiger partial charge >= 0.3 is 17.9 Å². The number of ether oxygens (including phenoxy) is 2. The van der Waals surface area contributed by atoms with Crippen LogP contribution >= 0.6 is 0 Å². The van der Waals surface area contributed by atoms with E-state index in [2.05, 4.69) is 13.8 Å². The third-order valence-electron chi connectivity index (χ3n) is 12.4. The molecule has 8 aliphatic carbocycles. The summed E-state index contributed by atoms with van der Waals surface area (Å²) in [5.74, 6) is -0.374. The van der Waals surface area contributed by atoms with E-state index in [0.29, 0.717) is 56.3 Å². The van der Waals surface area contributed by atoms with Crippen molar-refractivity contribution in [3.8, 4) is 0 Å². The molecule has 8 bridgehead atoms. The first kappa shape index (κ1) is 28.5. The summed E-state index contributed by atoms with van der Waals surface area (Å²) in [6.45, 7) is 6.09. The average Bonchev–Trinajstić information content (AvgIpc) is 2.85. The van der Waals surface area contributed by atoms with Gasteiger partial charge < -0.3 is 19.7 Å². The standard InChI is InChI=1S/C33H50O7/c1-4-6-23(27(34)39-32-14-20-9-25(17-32)30(3,38)26(10-20)18-32)11-24(7-5-2)28(35)40-33-15-21-8-22(16-33)13-31(12-21,19-33)29(36)37/h20-26,38H,4-19H2,1-3H3,(H,36,37). The van der Waals surface area contributed by atoms with Crippen molar-refractivity contribution in [3.63, 3.8) is 0 Å². The molecule has 224 valence electrons. The Morgan fingerprint density at radius 3 is 1.75 bits per heavy atom. The third kappa shape index (κ3) is 4.80. The van der Waals surface area contributed by atoms with Gasteiger partial charge in [-0.25, -0.2) is 0 Å². The number of aliphatic carboxylic acids is 1. The molecule has 40 heavy (non-hydrogen) atoms. The van der Waals surface area contributed by atoms with Crippen LogP contribution in [0.4, 0.5) is 0 Å². The van der Waals surface area contributed by atoms with Gasteiger partial charge in [0.15, 0.2) is 0 Å². The summed E-state index contributed by atoms with van der Waals surface area (Å²) in [5, 5.41) is 21.2. The molecule has 7 nitrogen and oxygen atoms in total. The summed E-state index contributed by atoms with van der Waals surface area (Å²) in [6, 6.07) is 0. The summed E-state index contributed by atoms with van der Waals surface area (Å²) in [6.07, 6.45) is 12.3. The Morgan fingerprint density at radius 2 is 1.25 bits per heavy atom. The molecule has 6 unspecified atom stereocenters. The summed E-state index contributed by atoms with van der Waals surface area (Å²) in [4.78, 5) is 39.9. The predicted octanol–water partition coefficient (Wildman–Crippen LogP) is 6.05. The molecule has 0 heterocycles. The van der Waals surface area contributed by atoms with E-state index in [4.69, 9.17) is 9.47 Å². The molecule has 0 aromatic rings. The van der Waals surface area contributed by atoms with Crippen molar-refractivity contribution in [1.29, 1.82) is 0 Å². The highest BCUT2D eigenvalue weighted by atomic mass is 16.6. The van der Waals surface area contributed by atoms with Crippen LogP contribution in [0.2, 0.25) is 0 Å². The van der Waals surface area contributed by atoms with E-state index in [1.807, 2.05) is 6.92 Å². The van der Waals surface area contributed by atoms with E-state index in [-0.39, 0.29) is 35.6 Å². The molecule has 8 fully saturated rings. The average molecular weight is 559 g/mol. The highest BCUT2D eigenvalue weighted by Crippen LogP contribution is 2.63. The van der Waals surface area contributed by atoms with E-state index >= 15 is 0 Å². The predicted molar refractivity (Wildman–Crippen MR) is 148 cm³/mol. The van der Waals surface area contributed by atoms with Gasteiger partial charge in [0, 0.05) is 6.42 Å². The normalized spacial score (nSPS) is 45.8. The fraction of sp³-hybridized carbons (Fsp3) is 0.909. The van der Waals surface area contributed by atoms with Crippen LogP contribution in [0, 0.1) is 46.8 Å². The fourth-order valence-electron chi connectivity index (χ4n) is 11.1. The maximum Gasteiger partial charge on any atom is 0.309 e. The minimum atomic E-state index is -0.748. The minimum Gasteiger partial charge on any atom is -0.481 e. The molecular weight excluding hydrogens is 508 g/mol. The molecular formula is C33H50O7. The number of aliphatic hydroxyl groups is 1. The van der Waals surface area contributed by atoms with Crippen molar-refractivity contribution in [1.82, 2.24) is 0 Å². The topological polar surface area (TPSA) is 110 Å². The van der Waals surface area contributed by atoms with Crippen molar-refractivity contribution >= 4 is 17.9 Å². The van der Waals surface area contributed by atoms with E-state index in [9.17, 15) is 24.6 Å². The number of carbonyl (C=O) groups excluding carboxylic acids is 2. The van der Waals surface area contributed by atoms with E-state index < -0.39 is 28.2 Å². The van der Waals surface area contributed by atoms with Gasteiger partial charge in [-0.05, 0) is 120 Å². The number of hydrogen-bond acceptors (Lipinski definition) is 6. The van der Waals surface area contributed by atoms with Crippen LogP contribution < -0.4 is 0 Å². The van der Waals surface area contributed by atoms with E-state index in [0.717, 1.165) is 64.2 Å². The molecule has 0 spiro atoms. The van der Waals surface area contributed by atoms with Crippen LogP contribution in [0.5, 0.6) is 0 Å². The van der Waals surface area contributed by atoms with Crippen LogP contribution in [0.15, 0.2) is 0 Å². The molecule has 8 saturated carbocycles. The third-order valence-corrected chi connectivity index (χ3v) is 12.4. The molecule has 8 aliphatic rings. The van der Waals surface area contributed by atoms with Gasteiger partial charge in [-0.15, -0.1) is 0 Å². The Hall–Kier alpha value is -1.63. The Balaban J connectivity index is 1.14. The number of carbonyl (C=O) groups is 3. The number of carboxylic acids is 1. The molecule has 6 atom stereocenters. The first-order chi connectivity index (χ1) is 18.9. The van der Waals surface area contributed by atoms with Crippen LogP contribution in [-0.4, -0.2) is 44.9 Å². The lowest BCUT2D eigenvalue weighted by Crippen LogP contribution is -2.63. The molecule has 0 amide bonds. The summed E-state index contributed by atoms with van der Waals surface area (Å²) < 4.78 is 12.8. The lowest BCUT2D eigenvalue weighted by atomic mass is 9.48. The van der Waals surface area contributed by atoms with Crippen LogP contribution in [0.3, 0.4) is 0 Å². The lowest BCUT2D eigenvalue weighted by molar-refractivity contribution is -0.235. The largest absolute Gasteiger partial charge is 0.481 e. The number of hydrogen-bond donors (Lipinski definition) is 2. The monoisotopic (exact) mass is 558 g/mol. The second kappa shape index (κ2) is 9.98. The van der Waals surface area contributed by atoms with Crippen molar-refractivity contribution in [2.75, 3.05) is 0 Å². The minimum absolute atomic E-state index is 0.183. The van der Waals surface area contributed by atoms with Crippen LogP contribution in [0.25, 0.3) is 0 Å². The zero-order valence-corrected chi connectivity index (χ0v) is 24.8. The first-order valence-electron chi connectivity index (χ1n) is 16.3. The van der Waals surface area contributed by atoms with E-state index in [1.165, 1.54) is 0 Å². The maximum atomic E-state index is 13.8. The molecule has 0 saturated heterocycles. The highest BCUT2D eigenvalue weighted by Gasteiger charge is 2.63. The van der Waals surface area contributed by atoms with Crippen molar-refractivity contribution < 1.29 is 34.1 Å². The number of rotatable bonds is 11. The summed E-state index contributed by atoms with van der Waals surface area (Å²) in [5.41, 5.74) is -2.54. The maximum absolute atomic E-state index is 13.8. The zero-order valence-electron chi connectivity index (χ0n) is 24.8. The zero-order chi connectivity index (χ0) is 28.5. The SMILES string of the molecule is CCCC(CC(CCC)C(=O)OC12CC3CC(C1)CC(C(=O)O)(C3)C2)C(=O)OC12CC3CC(C1)C(C)(O)C(C3)C2. The van der Waals surface area contributed by atoms with Gasteiger partial charge in [-0.1, -0.05) is 26.7 Å². The smallest absolute Gasteiger partial charge is 0.309 e. The molecule has 8 rings (SSSR count). The van der Waals surface area contributed by atoms with E-state index in [1.54, 1.807) is 0 Å². The molecule has 0 aromatic carbocycles. The Bertz CT molecular complexity index is 1000. The van der Waals surface area contributed by atoms with Crippen LogP contribution in [0.1, 0.15) is 124 Å². The lowest BCUT2D eigenvalue weighted by Gasteiger charge is -2.61. The number of esters is 2. The molecule has 7 heteroatoms. The van der Waals surface area contributed by atoms with Gasteiger partial charge in [0.05, 0.1) is 22.9 Å². The number of carboxylic acid groups (broad SMARTS) is 1. The quantitative estimate of drug-likeness (QED) is 0.297. The van der Waals surface area contributed by atoms with Crippen LogP contribution in [-0.2, 0) is 23.9 Å². The Morgan fingerprint density at radius 1 is 0.750 bits per heavy atom. The van der Waals surface area contributed by atoms with Crippen molar-refractivity contribution in [2.24, 2.45) is 46.8 Å². The summed E-state index contributed by atoms with van der Waals surface area (Å²) in [7, 11) is 0. The fourth-order valence-corrected chi connectivity index (χ4v) is 11.1. The van der Waals surface area contributed by atoms with Gasteiger partial charge in [0.25, 0.3) is 0 Å². The highest BCUT2D eigenvalue weighted by molar-refractivity contribution is 5.78. The first-order valence-corrected chi connectivity index (χ1v) is 16.3. The van der Waals surface area contributed by atoms with Crippen molar-refractivity contribution in [3.05, 3.63) is 0 Å². The van der Waals surface area contributed by atoms with Gasteiger partial charge in [-0.3, -0.25) is 14.4 Å². The molecule has 0 aromatic heterocycles. The molecule has 0 radical (unpaired) electrons. The van der Waals surface area contributed by atoms with Gasteiger partial charge in [0.2, 0.25) is 0 Å². The van der Waals surface area contributed by atoms with Gasteiger partial charge in [0.1, 0.15) is 11.2 Å². The molecule has 0 aliphatic heterocycles. The molecule has 2 N–H and O–H groups in total. The second-order valence-electron chi connectivity index (χ2n) is 15.5. The van der Waals surface area contributed by atoms with Gasteiger partial charge in [-0.2, -0.15) is 0 Å². The Kier molecular flexibility index (Phi) is 7.11. The Labute approximate surface area is 239 Å². The van der Waals surface area contributed by atoms with Crippen molar-refractivity contribution in [2.45, 2.75) is 140 Å².